The molecule has 1 fully saturated rings. The van der Waals surface area contributed by atoms with Crippen LogP contribution in [0.1, 0.15) is 4.88 Å². The van der Waals surface area contributed by atoms with Crippen molar-refractivity contribution in [1.29, 1.82) is 0 Å². The molecule has 0 aromatic carbocycles. The molecular formula is C12H15N5OS. The number of aliphatic hydroxyl groups excluding tert-OH is 1. The van der Waals surface area contributed by atoms with Gasteiger partial charge < -0.3 is 14.9 Å². The maximum atomic E-state index is 9.07. The summed E-state index contributed by atoms with van der Waals surface area (Å²) >= 11 is 1.55. The Labute approximate surface area is 115 Å². The number of aliphatic hydroxyl groups is 1. The van der Waals surface area contributed by atoms with Gasteiger partial charge in [0, 0.05) is 44.8 Å². The van der Waals surface area contributed by atoms with E-state index in [-0.39, 0.29) is 6.61 Å². The topological polar surface area (TPSA) is 65.4 Å². The molecule has 0 aliphatic carbocycles. The molecule has 1 aliphatic heterocycles. The molecule has 0 unspecified atom stereocenters. The lowest BCUT2D eigenvalue weighted by atomic mass is 10.3. The average Bonchev–Trinajstić information content (AvgIpc) is 2.97. The molecule has 0 spiro atoms. The van der Waals surface area contributed by atoms with Gasteiger partial charge >= 0.3 is 0 Å². The fourth-order valence-electron chi connectivity index (χ4n) is 2.07. The number of thiazole rings is 1. The molecule has 100 valence electrons. The van der Waals surface area contributed by atoms with E-state index in [1.165, 1.54) is 0 Å². The first-order valence-corrected chi connectivity index (χ1v) is 7.01. The summed E-state index contributed by atoms with van der Waals surface area (Å²) in [6.45, 7) is 3.64. The second kappa shape index (κ2) is 5.50. The number of nitrogens with zero attached hydrogens (tertiary/aromatic N) is 5. The molecule has 19 heavy (non-hydrogen) atoms. The maximum Gasteiger partial charge on any atom is 0.225 e. The highest BCUT2D eigenvalue weighted by atomic mass is 32.1. The highest BCUT2D eigenvalue weighted by Gasteiger charge is 2.20. The van der Waals surface area contributed by atoms with E-state index >= 15 is 0 Å². The molecular weight excluding hydrogens is 262 g/mol. The number of anilines is 2. The Kier molecular flexibility index (Phi) is 3.56. The third kappa shape index (κ3) is 2.66. The van der Waals surface area contributed by atoms with Crippen LogP contribution in [0.3, 0.4) is 0 Å². The van der Waals surface area contributed by atoms with Gasteiger partial charge in [-0.2, -0.15) is 0 Å². The fourth-order valence-corrected chi connectivity index (χ4v) is 2.89. The van der Waals surface area contributed by atoms with Crippen LogP contribution in [0.2, 0.25) is 0 Å². The zero-order valence-corrected chi connectivity index (χ0v) is 11.3. The van der Waals surface area contributed by atoms with Crippen molar-refractivity contribution in [3.63, 3.8) is 0 Å². The lowest BCUT2D eigenvalue weighted by molar-refractivity contribution is 0.285. The molecule has 3 rings (SSSR count). The molecule has 6 nitrogen and oxygen atoms in total. The minimum atomic E-state index is 0.0650. The van der Waals surface area contributed by atoms with Gasteiger partial charge in [-0.3, -0.25) is 0 Å². The van der Waals surface area contributed by atoms with E-state index in [9.17, 15) is 0 Å². The summed E-state index contributed by atoms with van der Waals surface area (Å²) in [7, 11) is 0. The van der Waals surface area contributed by atoms with Gasteiger partial charge in [0.2, 0.25) is 5.95 Å². The Morgan fingerprint density at radius 2 is 1.74 bits per heavy atom. The van der Waals surface area contributed by atoms with Crippen LogP contribution in [0.4, 0.5) is 11.1 Å². The Morgan fingerprint density at radius 1 is 1.05 bits per heavy atom. The SMILES string of the molecule is OCc1cnc(N2CCN(c3ncccn3)CC2)s1. The summed E-state index contributed by atoms with van der Waals surface area (Å²) in [5.74, 6) is 0.789. The molecule has 0 saturated carbocycles. The number of aromatic nitrogens is 3. The van der Waals surface area contributed by atoms with E-state index in [1.54, 1.807) is 29.9 Å². The van der Waals surface area contributed by atoms with Gasteiger partial charge in [0.25, 0.3) is 0 Å². The van der Waals surface area contributed by atoms with Crippen molar-refractivity contribution in [3.8, 4) is 0 Å². The van der Waals surface area contributed by atoms with Crippen molar-refractivity contribution in [1.82, 2.24) is 15.0 Å². The minimum Gasteiger partial charge on any atom is -0.391 e. The third-order valence-electron chi connectivity index (χ3n) is 3.08. The maximum absolute atomic E-state index is 9.07. The summed E-state index contributed by atoms with van der Waals surface area (Å²) in [4.78, 5) is 18.2. The summed E-state index contributed by atoms with van der Waals surface area (Å²) in [5.41, 5.74) is 0. The molecule has 0 amide bonds. The van der Waals surface area contributed by atoms with Crippen molar-refractivity contribution in [2.24, 2.45) is 0 Å². The molecule has 0 radical (unpaired) electrons. The number of piperazine rings is 1. The number of hydrogen-bond acceptors (Lipinski definition) is 7. The Bertz CT molecular complexity index is 524. The van der Waals surface area contributed by atoms with Crippen LogP contribution < -0.4 is 9.80 Å². The van der Waals surface area contributed by atoms with Crippen LogP contribution in [-0.4, -0.2) is 46.2 Å². The zero-order valence-electron chi connectivity index (χ0n) is 10.4. The van der Waals surface area contributed by atoms with Crippen LogP contribution in [0.15, 0.2) is 24.7 Å². The average molecular weight is 277 g/mol. The third-order valence-corrected chi connectivity index (χ3v) is 4.13. The first-order chi connectivity index (χ1) is 9.36. The standard InChI is InChI=1S/C12H15N5OS/c18-9-10-8-15-12(19-10)17-6-4-16(5-7-17)11-13-2-1-3-14-11/h1-3,8,18H,4-7,9H2. The van der Waals surface area contributed by atoms with Crippen LogP contribution in [0.5, 0.6) is 0 Å². The van der Waals surface area contributed by atoms with Crippen molar-refractivity contribution >= 4 is 22.4 Å². The fraction of sp³-hybridized carbons (Fsp3) is 0.417. The van der Waals surface area contributed by atoms with Crippen LogP contribution >= 0.6 is 11.3 Å². The Balaban J connectivity index is 1.63. The molecule has 2 aromatic heterocycles. The molecule has 1 N–H and O–H groups in total. The predicted molar refractivity (Wildman–Crippen MR) is 74.5 cm³/mol. The number of hydrogen-bond donors (Lipinski definition) is 1. The normalized spacial score (nSPS) is 15.8. The zero-order chi connectivity index (χ0) is 13.1. The van der Waals surface area contributed by atoms with Crippen molar-refractivity contribution in [2.75, 3.05) is 36.0 Å². The second-order valence-electron chi connectivity index (χ2n) is 4.29. The summed E-state index contributed by atoms with van der Waals surface area (Å²) in [6.07, 6.45) is 5.28. The van der Waals surface area contributed by atoms with E-state index in [0.29, 0.717) is 0 Å². The monoisotopic (exact) mass is 277 g/mol. The van der Waals surface area contributed by atoms with Crippen molar-refractivity contribution < 1.29 is 5.11 Å². The van der Waals surface area contributed by atoms with Gasteiger partial charge in [-0.05, 0) is 6.07 Å². The molecule has 7 heteroatoms. The highest BCUT2D eigenvalue weighted by Crippen LogP contribution is 2.24. The summed E-state index contributed by atoms with van der Waals surface area (Å²) in [6, 6.07) is 1.83. The van der Waals surface area contributed by atoms with Crippen molar-refractivity contribution in [2.45, 2.75) is 6.61 Å². The molecule has 0 bridgehead atoms. The first kappa shape index (κ1) is 12.3. The predicted octanol–water partition coefficient (Wildman–Crippen LogP) is 0.752. The van der Waals surface area contributed by atoms with Gasteiger partial charge in [0.05, 0.1) is 11.5 Å². The molecule has 2 aromatic rings. The molecule has 3 heterocycles. The molecule has 1 aliphatic rings. The van der Waals surface area contributed by atoms with E-state index in [0.717, 1.165) is 42.1 Å². The minimum absolute atomic E-state index is 0.0650. The van der Waals surface area contributed by atoms with Crippen molar-refractivity contribution in [3.05, 3.63) is 29.5 Å². The van der Waals surface area contributed by atoms with Gasteiger partial charge in [-0.15, -0.1) is 0 Å². The molecule has 1 saturated heterocycles. The largest absolute Gasteiger partial charge is 0.391 e. The Morgan fingerprint density at radius 3 is 2.37 bits per heavy atom. The number of rotatable bonds is 3. The van der Waals surface area contributed by atoms with Crippen LogP contribution in [-0.2, 0) is 6.61 Å². The summed E-state index contributed by atoms with van der Waals surface area (Å²) in [5, 5.41) is 10.1. The Hall–Kier alpha value is -1.73. The van der Waals surface area contributed by atoms with Gasteiger partial charge in [0.15, 0.2) is 5.13 Å². The molecule has 0 atom stereocenters. The van der Waals surface area contributed by atoms with E-state index in [2.05, 4.69) is 24.8 Å². The van der Waals surface area contributed by atoms with E-state index in [1.807, 2.05) is 6.07 Å². The summed E-state index contributed by atoms with van der Waals surface area (Å²) < 4.78 is 0. The highest BCUT2D eigenvalue weighted by molar-refractivity contribution is 7.15. The van der Waals surface area contributed by atoms with E-state index < -0.39 is 0 Å². The lowest BCUT2D eigenvalue weighted by Crippen LogP contribution is -2.47. The first-order valence-electron chi connectivity index (χ1n) is 6.19. The second-order valence-corrected chi connectivity index (χ2v) is 5.38. The van der Waals surface area contributed by atoms with Gasteiger partial charge in [-0.1, -0.05) is 11.3 Å². The van der Waals surface area contributed by atoms with Crippen LogP contribution in [0, 0.1) is 0 Å². The quantitative estimate of drug-likeness (QED) is 0.893. The van der Waals surface area contributed by atoms with E-state index in [4.69, 9.17) is 5.11 Å². The van der Waals surface area contributed by atoms with Gasteiger partial charge in [0.1, 0.15) is 0 Å². The van der Waals surface area contributed by atoms with Gasteiger partial charge in [-0.25, -0.2) is 15.0 Å². The smallest absolute Gasteiger partial charge is 0.225 e. The lowest BCUT2D eigenvalue weighted by Gasteiger charge is -2.34. The van der Waals surface area contributed by atoms with Crippen LogP contribution in [0.25, 0.3) is 0 Å².